The van der Waals surface area contributed by atoms with Gasteiger partial charge in [-0.15, -0.1) is 0 Å². The molecule has 7 nitrogen and oxygen atoms in total. The zero-order valence-electron chi connectivity index (χ0n) is 17.3. The Morgan fingerprint density at radius 1 is 1.17 bits per heavy atom. The molecule has 1 unspecified atom stereocenters. The maximum absolute atomic E-state index is 13.3. The van der Waals surface area contributed by atoms with Crippen molar-refractivity contribution < 1.29 is 9.59 Å². The molecule has 1 fully saturated rings. The van der Waals surface area contributed by atoms with E-state index in [9.17, 15) is 9.59 Å². The van der Waals surface area contributed by atoms with Gasteiger partial charge in [-0.05, 0) is 44.4 Å². The second-order valence-corrected chi connectivity index (χ2v) is 8.32. The molecule has 0 bridgehead atoms. The molecule has 0 radical (unpaired) electrons. The average Bonchev–Trinajstić information content (AvgIpc) is 3.18. The molecule has 30 heavy (non-hydrogen) atoms. The summed E-state index contributed by atoms with van der Waals surface area (Å²) in [7, 11) is 0. The molecule has 0 N–H and O–H groups in total. The van der Waals surface area contributed by atoms with Gasteiger partial charge in [-0.2, -0.15) is 5.10 Å². The van der Waals surface area contributed by atoms with Crippen molar-refractivity contribution in [2.24, 2.45) is 0 Å². The van der Waals surface area contributed by atoms with Crippen LogP contribution >= 0.6 is 0 Å². The van der Waals surface area contributed by atoms with Crippen molar-refractivity contribution in [2.45, 2.75) is 39.2 Å². The van der Waals surface area contributed by atoms with Gasteiger partial charge in [-0.1, -0.05) is 12.1 Å². The van der Waals surface area contributed by atoms with Crippen LogP contribution in [0.5, 0.6) is 0 Å². The van der Waals surface area contributed by atoms with E-state index < -0.39 is 0 Å². The van der Waals surface area contributed by atoms with E-state index in [2.05, 4.69) is 53.1 Å². The standard InChI is InChI=1S/C23H25N5O2/c1-15-5-3-6-17(11-15)27-10-9-26(14-16(27)2)23(30)19-13-25-28-20-7-4-8-21(29)18(20)12-24-22(19)28/h3,5-6,11-13,16H,4,7-10,14H2,1-2H3. The number of benzene rings is 1. The van der Waals surface area contributed by atoms with Crippen molar-refractivity contribution in [3.05, 3.63) is 59.0 Å². The first-order valence-electron chi connectivity index (χ1n) is 10.5. The number of fused-ring (bicyclic) bond motifs is 3. The Balaban J connectivity index is 1.39. The normalized spacial score (nSPS) is 19.3. The first-order chi connectivity index (χ1) is 14.5. The van der Waals surface area contributed by atoms with E-state index in [0.29, 0.717) is 36.3 Å². The summed E-state index contributed by atoms with van der Waals surface area (Å²) < 4.78 is 1.69. The molecular weight excluding hydrogens is 378 g/mol. The predicted octanol–water partition coefficient (Wildman–Crippen LogP) is 2.91. The molecule has 1 aromatic carbocycles. The fourth-order valence-electron chi connectivity index (χ4n) is 4.66. The lowest BCUT2D eigenvalue weighted by Gasteiger charge is -2.41. The summed E-state index contributed by atoms with van der Waals surface area (Å²) >= 11 is 0. The number of aromatic nitrogens is 3. The number of nitrogens with zero attached hydrogens (tertiary/aromatic N) is 5. The largest absolute Gasteiger partial charge is 0.365 e. The number of piperazine rings is 1. The summed E-state index contributed by atoms with van der Waals surface area (Å²) in [6, 6.07) is 8.70. The predicted molar refractivity (Wildman–Crippen MR) is 114 cm³/mol. The minimum Gasteiger partial charge on any atom is -0.365 e. The van der Waals surface area contributed by atoms with Crippen LogP contribution in [-0.2, 0) is 6.42 Å². The van der Waals surface area contributed by atoms with Crippen LogP contribution in [-0.4, -0.2) is 56.9 Å². The highest BCUT2D eigenvalue weighted by molar-refractivity contribution is 6.01. The maximum atomic E-state index is 13.3. The van der Waals surface area contributed by atoms with Gasteiger partial charge >= 0.3 is 0 Å². The Bertz CT molecular complexity index is 1150. The third kappa shape index (κ3) is 3.05. The van der Waals surface area contributed by atoms with Crippen LogP contribution in [0.3, 0.4) is 0 Å². The monoisotopic (exact) mass is 403 g/mol. The van der Waals surface area contributed by atoms with Crippen molar-refractivity contribution in [3.8, 4) is 0 Å². The fourth-order valence-corrected chi connectivity index (χ4v) is 4.66. The maximum Gasteiger partial charge on any atom is 0.259 e. The molecule has 1 aliphatic carbocycles. The van der Waals surface area contributed by atoms with E-state index in [0.717, 1.165) is 25.1 Å². The molecular formula is C23H25N5O2. The summed E-state index contributed by atoms with van der Waals surface area (Å²) in [6.07, 6.45) is 5.36. The van der Waals surface area contributed by atoms with Gasteiger partial charge < -0.3 is 9.80 Å². The second kappa shape index (κ2) is 7.23. The van der Waals surface area contributed by atoms with E-state index in [-0.39, 0.29) is 17.7 Å². The Kier molecular flexibility index (Phi) is 4.53. The zero-order valence-corrected chi connectivity index (χ0v) is 17.3. The van der Waals surface area contributed by atoms with Crippen molar-refractivity contribution in [3.63, 3.8) is 0 Å². The number of Topliss-reactive ketones (excluding diaryl/α,β-unsaturated/α-hetero) is 1. The molecule has 3 aromatic rings. The summed E-state index contributed by atoms with van der Waals surface area (Å²) in [5, 5.41) is 4.42. The number of ketones is 1. The van der Waals surface area contributed by atoms with Crippen LogP contribution in [0.4, 0.5) is 5.69 Å². The van der Waals surface area contributed by atoms with Crippen molar-refractivity contribution >= 4 is 23.0 Å². The molecule has 154 valence electrons. The fraction of sp³-hybridized carbons (Fsp3) is 0.391. The molecule has 2 aliphatic rings. The quantitative estimate of drug-likeness (QED) is 0.658. The lowest BCUT2D eigenvalue weighted by molar-refractivity contribution is 0.0728. The van der Waals surface area contributed by atoms with Gasteiger partial charge in [0.2, 0.25) is 0 Å². The van der Waals surface area contributed by atoms with Gasteiger partial charge in [0.1, 0.15) is 5.56 Å². The van der Waals surface area contributed by atoms with E-state index in [1.165, 1.54) is 11.3 Å². The van der Waals surface area contributed by atoms with E-state index >= 15 is 0 Å². The Hall–Kier alpha value is -3.22. The highest BCUT2D eigenvalue weighted by Crippen LogP contribution is 2.25. The van der Waals surface area contributed by atoms with E-state index in [1.807, 2.05) is 4.90 Å². The van der Waals surface area contributed by atoms with E-state index in [1.54, 1.807) is 16.9 Å². The van der Waals surface area contributed by atoms with Gasteiger partial charge in [0.15, 0.2) is 11.4 Å². The molecule has 5 rings (SSSR count). The van der Waals surface area contributed by atoms with Crippen LogP contribution < -0.4 is 4.90 Å². The smallest absolute Gasteiger partial charge is 0.259 e. The Morgan fingerprint density at radius 2 is 2.03 bits per heavy atom. The number of amides is 1. The summed E-state index contributed by atoms with van der Waals surface area (Å²) in [5.41, 5.74) is 4.99. The van der Waals surface area contributed by atoms with Gasteiger partial charge in [0.25, 0.3) is 5.91 Å². The van der Waals surface area contributed by atoms with Crippen LogP contribution in [0, 0.1) is 6.92 Å². The van der Waals surface area contributed by atoms with Gasteiger partial charge in [-0.25, -0.2) is 9.50 Å². The topological polar surface area (TPSA) is 70.8 Å². The zero-order chi connectivity index (χ0) is 20.8. The van der Waals surface area contributed by atoms with Crippen molar-refractivity contribution in [1.82, 2.24) is 19.5 Å². The van der Waals surface area contributed by atoms with Crippen LogP contribution in [0.1, 0.15) is 51.7 Å². The summed E-state index contributed by atoms with van der Waals surface area (Å²) in [5.74, 6) is 0.0606. The summed E-state index contributed by atoms with van der Waals surface area (Å²) in [4.78, 5) is 34.1. The number of carbonyl (C=O) groups is 2. The van der Waals surface area contributed by atoms with Gasteiger partial charge in [-0.3, -0.25) is 9.59 Å². The average molecular weight is 403 g/mol. The number of aryl methyl sites for hydroxylation is 2. The van der Waals surface area contributed by atoms with Gasteiger partial charge in [0.05, 0.1) is 17.5 Å². The number of rotatable bonds is 2. The van der Waals surface area contributed by atoms with Crippen molar-refractivity contribution in [1.29, 1.82) is 0 Å². The molecule has 0 spiro atoms. The third-order valence-corrected chi connectivity index (χ3v) is 6.22. The number of anilines is 1. The molecule has 0 saturated carbocycles. The molecule has 1 aliphatic heterocycles. The molecule has 1 atom stereocenters. The number of carbonyl (C=O) groups excluding carboxylic acids is 2. The van der Waals surface area contributed by atoms with Crippen LogP contribution in [0.15, 0.2) is 36.7 Å². The first kappa shape index (κ1) is 18.8. The lowest BCUT2D eigenvalue weighted by atomic mass is 9.96. The van der Waals surface area contributed by atoms with Crippen LogP contribution in [0.2, 0.25) is 0 Å². The molecule has 7 heteroatoms. The third-order valence-electron chi connectivity index (χ3n) is 6.22. The SMILES string of the molecule is Cc1cccc(N2CCN(C(=O)c3cnn4c5c(cnc34)C(=O)CCC5)CC2C)c1. The lowest BCUT2D eigenvalue weighted by Crippen LogP contribution is -2.53. The number of hydrogen-bond donors (Lipinski definition) is 0. The Morgan fingerprint density at radius 3 is 2.83 bits per heavy atom. The molecule has 1 amide bonds. The minimum absolute atomic E-state index is 0.0460. The Labute approximate surface area is 175 Å². The minimum atomic E-state index is -0.0460. The highest BCUT2D eigenvalue weighted by atomic mass is 16.2. The highest BCUT2D eigenvalue weighted by Gasteiger charge is 2.30. The summed E-state index contributed by atoms with van der Waals surface area (Å²) in [6.45, 7) is 6.33. The van der Waals surface area contributed by atoms with Crippen LogP contribution in [0.25, 0.3) is 5.65 Å². The first-order valence-corrected chi connectivity index (χ1v) is 10.5. The molecule has 3 heterocycles. The van der Waals surface area contributed by atoms with Crippen molar-refractivity contribution in [2.75, 3.05) is 24.5 Å². The molecule has 1 saturated heterocycles. The van der Waals surface area contributed by atoms with Gasteiger partial charge in [0, 0.05) is 44.0 Å². The second-order valence-electron chi connectivity index (χ2n) is 8.32. The molecule has 2 aromatic heterocycles. The number of hydrogen-bond acceptors (Lipinski definition) is 5. The van der Waals surface area contributed by atoms with E-state index in [4.69, 9.17) is 0 Å².